The average molecular weight is 469 g/mol. The quantitative estimate of drug-likeness (QED) is 0.584. The number of nitrogens with one attached hydrogen (secondary N) is 1. The number of hydrogen-bond donors (Lipinski definition) is 1. The van der Waals surface area contributed by atoms with E-state index in [-0.39, 0.29) is 29.6 Å². The van der Waals surface area contributed by atoms with Gasteiger partial charge in [0.1, 0.15) is 11.4 Å². The lowest BCUT2D eigenvalue weighted by Gasteiger charge is -2.26. The van der Waals surface area contributed by atoms with Crippen LogP contribution >= 0.6 is 22.9 Å². The summed E-state index contributed by atoms with van der Waals surface area (Å²) < 4.78 is 32.3. The molecule has 0 atom stereocenters. The van der Waals surface area contributed by atoms with Crippen molar-refractivity contribution in [2.45, 2.75) is 11.4 Å². The number of hydrogen-bond acceptors (Lipinski definition) is 8. The Kier molecular flexibility index (Phi) is 6.11. The summed E-state index contributed by atoms with van der Waals surface area (Å²) in [4.78, 5) is 14.3. The van der Waals surface area contributed by atoms with Crippen LogP contribution in [0.1, 0.15) is 0 Å². The molecule has 1 saturated heterocycles. The highest BCUT2D eigenvalue weighted by atomic mass is 35.5. The fraction of sp³-hybridized carbons (Fsp3) is 0.294. The van der Waals surface area contributed by atoms with Crippen molar-refractivity contribution in [3.63, 3.8) is 0 Å². The average Bonchev–Trinajstić information content (AvgIpc) is 3.42. The third-order valence-electron chi connectivity index (χ3n) is 4.28. The molecule has 3 aromatic rings. The van der Waals surface area contributed by atoms with E-state index in [0.717, 1.165) is 4.88 Å². The summed E-state index contributed by atoms with van der Waals surface area (Å²) in [7, 11) is -3.80. The number of amides is 1. The van der Waals surface area contributed by atoms with Crippen LogP contribution in [0.15, 0.2) is 40.6 Å². The summed E-state index contributed by atoms with van der Waals surface area (Å²) in [5.74, 6) is 0.00496. The molecule has 1 amide bonds. The van der Waals surface area contributed by atoms with E-state index in [1.54, 1.807) is 0 Å². The number of rotatable bonds is 6. The smallest absolute Gasteiger partial charge is 0.248 e. The number of sulfonamides is 1. The molecule has 0 radical (unpaired) electrons. The van der Waals surface area contributed by atoms with Gasteiger partial charge in [-0.15, -0.1) is 21.5 Å². The van der Waals surface area contributed by atoms with Crippen molar-refractivity contribution in [3.8, 4) is 10.7 Å². The van der Waals surface area contributed by atoms with Crippen molar-refractivity contribution in [2.24, 2.45) is 0 Å². The summed E-state index contributed by atoms with van der Waals surface area (Å²) in [6, 6.07) is 8.04. The molecule has 30 heavy (non-hydrogen) atoms. The first kappa shape index (κ1) is 20.9. The molecule has 0 saturated carbocycles. The van der Waals surface area contributed by atoms with Gasteiger partial charge in [0.15, 0.2) is 0 Å². The van der Waals surface area contributed by atoms with E-state index in [0.29, 0.717) is 24.7 Å². The van der Waals surface area contributed by atoms with Crippen LogP contribution in [-0.4, -0.2) is 65.1 Å². The largest absolute Gasteiger partial charge is 0.379 e. The Hall–Kier alpha value is -2.38. The van der Waals surface area contributed by atoms with Gasteiger partial charge in [0.25, 0.3) is 0 Å². The summed E-state index contributed by atoms with van der Waals surface area (Å²) in [6.07, 6.45) is 0. The molecule has 1 aromatic carbocycles. The van der Waals surface area contributed by atoms with E-state index >= 15 is 0 Å². The second kappa shape index (κ2) is 8.78. The van der Waals surface area contributed by atoms with Gasteiger partial charge in [0.2, 0.25) is 21.8 Å². The Morgan fingerprint density at radius 3 is 2.80 bits per heavy atom. The van der Waals surface area contributed by atoms with Crippen molar-refractivity contribution >= 4 is 44.6 Å². The number of halogens is 1. The normalized spacial score (nSPS) is 15.2. The molecule has 0 bridgehead atoms. The van der Waals surface area contributed by atoms with Crippen molar-refractivity contribution < 1.29 is 17.9 Å². The molecular formula is C17H17ClN6O4S2. The molecule has 158 valence electrons. The van der Waals surface area contributed by atoms with Gasteiger partial charge in [-0.1, -0.05) is 17.7 Å². The molecule has 1 N–H and O–H groups in total. The maximum absolute atomic E-state index is 12.9. The molecule has 1 aliphatic rings. The number of aromatic nitrogens is 4. The molecule has 1 aliphatic heterocycles. The van der Waals surface area contributed by atoms with Crippen LogP contribution in [0.4, 0.5) is 5.69 Å². The van der Waals surface area contributed by atoms with E-state index < -0.39 is 15.9 Å². The van der Waals surface area contributed by atoms with E-state index in [1.807, 2.05) is 17.5 Å². The van der Waals surface area contributed by atoms with Crippen LogP contribution in [0.2, 0.25) is 5.02 Å². The fourth-order valence-electron chi connectivity index (χ4n) is 2.85. The van der Waals surface area contributed by atoms with E-state index in [4.69, 9.17) is 16.3 Å². The summed E-state index contributed by atoms with van der Waals surface area (Å²) in [5, 5.41) is 16.6. The summed E-state index contributed by atoms with van der Waals surface area (Å²) in [6.45, 7) is 0.976. The molecule has 2 aromatic heterocycles. The summed E-state index contributed by atoms with van der Waals surface area (Å²) >= 11 is 7.60. The number of ether oxygens (including phenoxy) is 1. The van der Waals surface area contributed by atoms with E-state index in [1.165, 1.54) is 38.6 Å². The van der Waals surface area contributed by atoms with Gasteiger partial charge in [0.05, 0.1) is 23.1 Å². The maximum Gasteiger partial charge on any atom is 0.248 e. The monoisotopic (exact) mass is 468 g/mol. The van der Waals surface area contributed by atoms with Gasteiger partial charge in [-0.3, -0.25) is 4.79 Å². The zero-order valence-corrected chi connectivity index (χ0v) is 18.0. The predicted molar refractivity (Wildman–Crippen MR) is 111 cm³/mol. The lowest BCUT2D eigenvalue weighted by Crippen LogP contribution is -2.40. The minimum atomic E-state index is -3.80. The maximum atomic E-state index is 12.9. The van der Waals surface area contributed by atoms with Gasteiger partial charge in [0, 0.05) is 18.8 Å². The Bertz CT molecular complexity index is 1140. The first-order chi connectivity index (χ1) is 14.4. The van der Waals surface area contributed by atoms with E-state index in [9.17, 15) is 13.2 Å². The van der Waals surface area contributed by atoms with Gasteiger partial charge < -0.3 is 10.1 Å². The number of thiophene rings is 1. The second-order valence-corrected chi connectivity index (χ2v) is 9.59. The van der Waals surface area contributed by atoms with Crippen molar-refractivity contribution in [1.82, 2.24) is 24.5 Å². The van der Waals surface area contributed by atoms with Crippen molar-refractivity contribution in [1.29, 1.82) is 0 Å². The SMILES string of the molecule is O=C(Cn1nnc(-c2cccs2)n1)Nc1ccc(Cl)c(S(=O)(=O)N2CCOCC2)c1. The van der Waals surface area contributed by atoms with Crippen LogP contribution in [0.5, 0.6) is 0 Å². The number of morpholine rings is 1. The zero-order chi connectivity index (χ0) is 21.1. The Labute approximate surface area is 181 Å². The van der Waals surface area contributed by atoms with E-state index in [2.05, 4.69) is 20.7 Å². The Morgan fingerprint density at radius 1 is 1.27 bits per heavy atom. The van der Waals surface area contributed by atoms with Crippen LogP contribution < -0.4 is 5.32 Å². The topological polar surface area (TPSA) is 119 Å². The van der Waals surface area contributed by atoms with Gasteiger partial charge in [-0.05, 0) is 34.9 Å². The fourth-order valence-corrected chi connectivity index (χ4v) is 5.40. The standard InChI is InChI=1S/C17H17ClN6O4S2/c18-13-4-3-12(10-15(13)30(26,27)23-5-7-28-8-6-23)19-16(25)11-24-21-17(20-22-24)14-2-1-9-29-14/h1-4,9-10H,5-8,11H2,(H,19,25). The van der Waals surface area contributed by atoms with Crippen LogP contribution in [-0.2, 0) is 26.1 Å². The third-order valence-corrected chi connectivity index (χ3v) is 7.53. The highest BCUT2D eigenvalue weighted by molar-refractivity contribution is 7.89. The van der Waals surface area contributed by atoms with Gasteiger partial charge in [-0.2, -0.15) is 9.10 Å². The number of carbonyl (C=O) groups excluding carboxylic acids is 1. The van der Waals surface area contributed by atoms with Crippen LogP contribution in [0.25, 0.3) is 10.7 Å². The Balaban J connectivity index is 1.47. The number of carbonyl (C=O) groups is 1. The molecule has 0 spiro atoms. The van der Waals surface area contributed by atoms with Crippen molar-refractivity contribution in [2.75, 3.05) is 31.6 Å². The molecule has 0 unspecified atom stereocenters. The molecule has 13 heteroatoms. The number of tetrazole rings is 1. The molecule has 3 heterocycles. The number of nitrogens with zero attached hydrogens (tertiary/aromatic N) is 5. The molecule has 10 nitrogen and oxygen atoms in total. The Morgan fingerprint density at radius 2 is 2.07 bits per heavy atom. The minimum absolute atomic E-state index is 0.0669. The zero-order valence-electron chi connectivity index (χ0n) is 15.6. The number of anilines is 1. The predicted octanol–water partition coefficient (Wildman–Crippen LogP) is 1.71. The van der Waals surface area contributed by atoms with Gasteiger partial charge in [-0.25, -0.2) is 8.42 Å². The highest BCUT2D eigenvalue weighted by Gasteiger charge is 2.28. The first-order valence-electron chi connectivity index (χ1n) is 8.92. The lowest BCUT2D eigenvalue weighted by atomic mass is 10.3. The first-order valence-corrected chi connectivity index (χ1v) is 11.6. The highest BCUT2D eigenvalue weighted by Crippen LogP contribution is 2.28. The lowest BCUT2D eigenvalue weighted by molar-refractivity contribution is -0.117. The second-order valence-electron chi connectivity index (χ2n) is 6.33. The third kappa shape index (κ3) is 4.52. The van der Waals surface area contributed by atoms with Crippen molar-refractivity contribution in [3.05, 3.63) is 40.7 Å². The van der Waals surface area contributed by atoms with Crippen LogP contribution in [0, 0.1) is 0 Å². The molecular weight excluding hydrogens is 452 g/mol. The van der Waals surface area contributed by atoms with Crippen LogP contribution in [0.3, 0.4) is 0 Å². The summed E-state index contributed by atoms with van der Waals surface area (Å²) in [5.41, 5.74) is 0.301. The molecule has 1 fully saturated rings. The molecule has 0 aliphatic carbocycles. The molecule has 4 rings (SSSR count). The minimum Gasteiger partial charge on any atom is -0.379 e. The number of benzene rings is 1. The van der Waals surface area contributed by atoms with Gasteiger partial charge >= 0.3 is 0 Å².